The first-order chi connectivity index (χ1) is 13.5. The maximum Gasteiger partial charge on any atom is 0.407 e. The number of carbonyl (C=O) groups is 2. The van der Waals surface area contributed by atoms with Gasteiger partial charge in [-0.15, -0.1) is 0 Å². The van der Waals surface area contributed by atoms with E-state index in [1.54, 1.807) is 6.92 Å². The molecule has 0 heterocycles. The maximum absolute atomic E-state index is 12.3. The summed E-state index contributed by atoms with van der Waals surface area (Å²) in [4.78, 5) is 23.7. The minimum Gasteiger partial charge on any atom is -0.480 e. The van der Waals surface area contributed by atoms with Crippen molar-refractivity contribution in [2.75, 3.05) is 6.61 Å². The van der Waals surface area contributed by atoms with E-state index in [1.807, 2.05) is 54.6 Å². The Kier molecular flexibility index (Phi) is 5.95. The number of fused-ring (bicyclic) bond motifs is 3. The molecule has 1 aliphatic rings. The quantitative estimate of drug-likeness (QED) is 0.761. The van der Waals surface area contributed by atoms with Crippen molar-refractivity contribution in [2.45, 2.75) is 31.7 Å². The Morgan fingerprint density at radius 2 is 1.71 bits per heavy atom. The smallest absolute Gasteiger partial charge is 0.407 e. The molecule has 2 unspecified atom stereocenters. The number of carbonyl (C=O) groups excluding carboxylic acids is 1. The summed E-state index contributed by atoms with van der Waals surface area (Å²) in [5.41, 5.74) is 4.43. The lowest BCUT2D eigenvalue weighted by Crippen LogP contribution is -2.45. The summed E-state index contributed by atoms with van der Waals surface area (Å²) >= 11 is 0. The fraction of sp³-hybridized carbons (Fsp3) is 0.318. The second kappa shape index (κ2) is 8.57. The zero-order valence-electron chi connectivity index (χ0n) is 15.6. The number of ether oxygens (including phenoxy) is 1. The van der Waals surface area contributed by atoms with Gasteiger partial charge >= 0.3 is 12.1 Å². The van der Waals surface area contributed by atoms with Gasteiger partial charge in [-0.2, -0.15) is 5.26 Å². The van der Waals surface area contributed by atoms with Crippen molar-refractivity contribution in [3.05, 3.63) is 59.7 Å². The minimum atomic E-state index is -1.14. The van der Waals surface area contributed by atoms with Crippen LogP contribution in [0.25, 0.3) is 11.1 Å². The van der Waals surface area contributed by atoms with Gasteiger partial charge in [-0.1, -0.05) is 55.5 Å². The average molecular weight is 378 g/mol. The monoisotopic (exact) mass is 378 g/mol. The van der Waals surface area contributed by atoms with Gasteiger partial charge in [0.1, 0.15) is 12.6 Å². The van der Waals surface area contributed by atoms with Crippen LogP contribution in [0.15, 0.2) is 48.5 Å². The van der Waals surface area contributed by atoms with Crippen molar-refractivity contribution < 1.29 is 19.4 Å². The number of nitrogens with zero attached hydrogens (tertiary/aromatic N) is 1. The molecule has 0 radical (unpaired) electrons. The van der Waals surface area contributed by atoms with Gasteiger partial charge < -0.3 is 15.2 Å². The number of hydrogen-bond acceptors (Lipinski definition) is 4. The lowest BCUT2D eigenvalue weighted by atomic mass is 9.97. The summed E-state index contributed by atoms with van der Waals surface area (Å²) < 4.78 is 5.40. The minimum absolute atomic E-state index is 0.0857. The number of hydrogen-bond donors (Lipinski definition) is 2. The van der Waals surface area contributed by atoms with Crippen LogP contribution < -0.4 is 5.32 Å². The molecule has 2 aromatic carbocycles. The van der Waals surface area contributed by atoms with E-state index in [9.17, 15) is 14.7 Å². The molecule has 0 spiro atoms. The van der Waals surface area contributed by atoms with Gasteiger partial charge in [-0.3, -0.25) is 0 Å². The Hall–Kier alpha value is -3.33. The number of nitriles is 1. The summed E-state index contributed by atoms with van der Waals surface area (Å²) in [6.45, 7) is 1.82. The van der Waals surface area contributed by atoms with Crippen molar-refractivity contribution in [2.24, 2.45) is 5.92 Å². The fourth-order valence-electron chi connectivity index (χ4n) is 3.67. The van der Waals surface area contributed by atoms with Gasteiger partial charge in [0.25, 0.3) is 0 Å². The third-order valence-electron chi connectivity index (χ3n) is 5.16. The largest absolute Gasteiger partial charge is 0.480 e. The molecule has 0 saturated carbocycles. The lowest BCUT2D eigenvalue weighted by Gasteiger charge is -2.21. The maximum atomic E-state index is 12.3. The molecule has 0 fully saturated rings. The predicted octanol–water partition coefficient (Wildman–Crippen LogP) is 3.92. The highest BCUT2D eigenvalue weighted by molar-refractivity contribution is 5.81. The van der Waals surface area contributed by atoms with E-state index >= 15 is 0 Å². The van der Waals surface area contributed by atoms with E-state index in [1.165, 1.54) is 0 Å². The molecule has 144 valence electrons. The number of carboxylic acid groups (broad SMARTS) is 1. The Morgan fingerprint density at radius 3 is 2.25 bits per heavy atom. The molecule has 6 heteroatoms. The van der Waals surface area contributed by atoms with Crippen LogP contribution >= 0.6 is 0 Å². The van der Waals surface area contributed by atoms with E-state index in [0.717, 1.165) is 22.3 Å². The summed E-state index contributed by atoms with van der Waals surface area (Å²) in [5.74, 6) is -1.60. The molecule has 1 aliphatic carbocycles. The number of rotatable bonds is 7. The average Bonchev–Trinajstić information content (AvgIpc) is 3.02. The first-order valence-electron chi connectivity index (χ1n) is 9.24. The van der Waals surface area contributed by atoms with E-state index in [-0.39, 0.29) is 24.9 Å². The molecule has 28 heavy (non-hydrogen) atoms. The molecule has 0 saturated heterocycles. The highest BCUT2D eigenvalue weighted by atomic mass is 16.5. The van der Waals surface area contributed by atoms with Crippen LogP contribution in [-0.4, -0.2) is 29.8 Å². The molecule has 0 bridgehead atoms. The molecule has 3 rings (SSSR count). The zero-order chi connectivity index (χ0) is 20.1. The van der Waals surface area contributed by atoms with Crippen LogP contribution in [0.1, 0.15) is 36.8 Å². The molecular formula is C22H22N2O4. The van der Waals surface area contributed by atoms with Crippen LogP contribution in [0.4, 0.5) is 4.79 Å². The van der Waals surface area contributed by atoms with Crippen LogP contribution in [0, 0.1) is 17.2 Å². The van der Waals surface area contributed by atoms with Gasteiger partial charge in [0.15, 0.2) is 0 Å². The van der Waals surface area contributed by atoms with Gasteiger partial charge in [-0.25, -0.2) is 9.59 Å². The fourth-order valence-corrected chi connectivity index (χ4v) is 3.67. The standard InChI is InChI=1S/C22H22N2O4/c1-14(7-6-12-23)20(21(25)26)24-22(27)28-13-19-17-10-4-2-8-15(17)16-9-3-5-11-18(16)19/h2-5,8-11,14,19-20H,6-7,13H2,1H3,(H,24,27)(H,25,26). The number of amides is 1. The van der Waals surface area contributed by atoms with E-state index in [2.05, 4.69) is 5.32 Å². The van der Waals surface area contributed by atoms with Crippen molar-refractivity contribution in [1.82, 2.24) is 5.32 Å². The predicted molar refractivity (Wildman–Crippen MR) is 104 cm³/mol. The third-order valence-corrected chi connectivity index (χ3v) is 5.16. The van der Waals surface area contributed by atoms with Crippen molar-refractivity contribution in [3.63, 3.8) is 0 Å². The van der Waals surface area contributed by atoms with Gasteiger partial charge in [0.05, 0.1) is 6.07 Å². The molecule has 2 atom stereocenters. The van der Waals surface area contributed by atoms with Gasteiger partial charge in [0.2, 0.25) is 0 Å². The molecule has 2 aromatic rings. The summed E-state index contributed by atoms with van der Waals surface area (Å²) in [6, 6.07) is 16.9. The van der Waals surface area contributed by atoms with E-state index in [4.69, 9.17) is 10.00 Å². The second-order valence-corrected chi connectivity index (χ2v) is 6.96. The highest BCUT2D eigenvalue weighted by Gasteiger charge is 2.30. The van der Waals surface area contributed by atoms with Crippen molar-refractivity contribution >= 4 is 12.1 Å². The molecule has 0 aliphatic heterocycles. The first-order valence-corrected chi connectivity index (χ1v) is 9.24. The zero-order valence-corrected chi connectivity index (χ0v) is 15.6. The topological polar surface area (TPSA) is 99.4 Å². The van der Waals surface area contributed by atoms with Crippen molar-refractivity contribution in [3.8, 4) is 17.2 Å². The normalized spacial score (nSPS) is 14.3. The Bertz CT molecular complexity index is 873. The highest BCUT2D eigenvalue weighted by Crippen LogP contribution is 2.44. The molecule has 1 amide bonds. The van der Waals surface area contributed by atoms with Gasteiger partial charge in [0, 0.05) is 12.3 Å². The summed E-state index contributed by atoms with van der Waals surface area (Å²) in [6.07, 6.45) is -0.146. The Balaban J connectivity index is 1.68. The SMILES string of the molecule is CC(CCC#N)C(NC(=O)OCC1c2ccccc2-c2ccccc21)C(=O)O. The molecule has 0 aromatic heterocycles. The molecule has 2 N–H and O–H groups in total. The van der Waals surface area contributed by atoms with Crippen LogP contribution in [-0.2, 0) is 9.53 Å². The Labute approximate surface area is 163 Å². The number of nitrogens with one attached hydrogen (secondary N) is 1. The molecular weight excluding hydrogens is 356 g/mol. The third kappa shape index (κ3) is 3.99. The number of carboxylic acids is 1. The van der Waals surface area contributed by atoms with Crippen LogP contribution in [0.5, 0.6) is 0 Å². The number of alkyl carbamates (subject to hydrolysis) is 1. The van der Waals surface area contributed by atoms with Crippen LogP contribution in [0.2, 0.25) is 0 Å². The van der Waals surface area contributed by atoms with Crippen molar-refractivity contribution in [1.29, 1.82) is 5.26 Å². The summed E-state index contributed by atoms with van der Waals surface area (Å²) in [5, 5.41) is 20.5. The Morgan fingerprint density at radius 1 is 1.14 bits per heavy atom. The number of aliphatic carboxylic acids is 1. The van der Waals surface area contributed by atoms with Gasteiger partial charge in [-0.05, 0) is 34.6 Å². The molecule has 6 nitrogen and oxygen atoms in total. The van der Waals surface area contributed by atoms with Crippen LogP contribution in [0.3, 0.4) is 0 Å². The summed E-state index contributed by atoms with van der Waals surface area (Å²) in [7, 11) is 0. The number of benzene rings is 2. The first kappa shape index (κ1) is 19.4. The lowest BCUT2D eigenvalue weighted by molar-refractivity contribution is -0.140. The van der Waals surface area contributed by atoms with E-state index < -0.39 is 18.1 Å². The second-order valence-electron chi connectivity index (χ2n) is 6.96. The van der Waals surface area contributed by atoms with E-state index in [0.29, 0.717) is 6.42 Å².